The van der Waals surface area contributed by atoms with Gasteiger partial charge in [0.2, 0.25) is 0 Å². The van der Waals surface area contributed by atoms with E-state index >= 15 is 0 Å². The minimum absolute atomic E-state index is 0.775. The summed E-state index contributed by atoms with van der Waals surface area (Å²) in [4.78, 5) is 61.6. The summed E-state index contributed by atoms with van der Waals surface area (Å²) >= 11 is 0. The maximum Gasteiger partial charge on any atom is 0.408 e. The lowest BCUT2D eigenvalue weighted by Crippen LogP contribution is -2.52. The van der Waals surface area contributed by atoms with Crippen molar-refractivity contribution in [3.63, 3.8) is 0 Å². The van der Waals surface area contributed by atoms with Gasteiger partial charge in [-0.05, 0) is 52.4 Å². The van der Waals surface area contributed by atoms with Gasteiger partial charge in [0.15, 0.2) is 6.61 Å². The highest BCUT2D eigenvalue weighted by Crippen LogP contribution is 2.23. The predicted molar refractivity (Wildman–Crippen MR) is 127 cm³/mol. The molecule has 0 bridgehead atoms. The van der Waals surface area contributed by atoms with Gasteiger partial charge in [0.25, 0.3) is 0 Å². The lowest BCUT2D eigenvalue weighted by molar-refractivity contribution is -0.170. The minimum atomic E-state index is -1.21. The van der Waals surface area contributed by atoms with Gasteiger partial charge in [0.1, 0.15) is 23.3 Å². The standard InChI is InChI=1S/C24H42N2O9/c1-21(2,3)15(25-19(30)34-23(7,8)9)17(28)32-13-14(27)33-18(29)16(22(4,5)6)26-20(31)35-24(10,11)12/h15-16H,13H2,1-12H3,(H,25,30)(H,26,31). The number of amides is 2. The Bertz CT molecular complexity index is 794. The number of esters is 3. The fourth-order valence-electron chi connectivity index (χ4n) is 2.52. The molecule has 0 radical (unpaired) electrons. The Balaban J connectivity index is 5.18. The molecule has 11 nitrogen and oxygen atoms in total. The molecule has 0 rings (SSSR count). The van der Waals surface area contributed by atoms with Gasteiger partial charge in [-0.25, -0.2) is 24.0 Å². The number of nitrogens with one attached hydrogen (secondary N) is 2. The maximum absolute atomic E-state index is 12.6. The molecule has 0 saturated carbocycles. The van der Waals surface area contributed by atoms with Crippen molar-refractivity contribution in [1.29, 1.82) is 0 Å². The van der Waals surface area contributed by atoms with Crippen LogP contribution in [0.5, 0.6) is 0 Å². The number of alkyl carbamates (subject to hydrolysis) is 2. The average Bonchev–Trinajstić information content (AvgIpc) is 2.57. The first-order chi connectivity index (χ1) is 15.4. The zero-order valence-electron chi connectivity index (χ0n) is 23.0. The van der Waals surface area contributed by atoms with E-state index in [1.165, 1.54) is 0 Å². The lowest BCUT2D eigenvalue weighted by Gasteiger charge is -2.31. The van der Waals surface area contributed by atoms with Crippen LogP contribution in [0.3, 0.4) is 0 Å². The first-order valence-electron chi connectivity index (χ1n) is 11.3. The van der Waals surface area contributed by atoms with E-state index in [9.17, 15) is 24.0 Å². The molecule has 0 aliphatic rings. The highest BCUT2D eigenvalue weighted by Gasteiger charge is 2.38. The first kappa shape index (κ1) is 32.1. The molecule has 0 heterocycles. The molecule has 202 valence electrons. The average molecular weight is 503 g/mol. The van der Waals surface area contributed by atoms with E-state index in [1.807, 2.05) is 0 Å². The minimum Gasteiger partial charge on any atom is -0.452 e. The number of rotatable bonds is 6. The Kier molecular flexibility index (Phi) is 10.8. The van der Waals surface area contributed by atoms with E-state index in [0.29, 0.717) is 0 Å². The van der Waals surface area contributed by atoms with Crippen LogP contribution >= 0.6 is 0 Å². The zero-order chi connectivity index (χ0) is 28.0. The number of hydrogen-bond donors (Lipinski definition) is 2. The van der Waals surface area contributed by atoms with Crippen LogP contribution in [-0.2, 0) is 33.3 Å². The second-order valence-electron chi connectivity index (χ2n) is 12.3. The van der Waals surface area contributed by atoms with Crippen LogP contribution in [0.25, 0.3) is 0 Å². The van der Waals surface area contributed by atoms with Gasteiger partial charge in [-0.3, -0.25) is 0 Å². The molecule has 2 N–H and O–H groups in total. The number of ether oxygens (including phenoxy) is 4. The van der Waals surface area contributed by atoms with Crippen LogP contribution in [0.15, 0.2) is 0 Å². The van der Waals surface area contributed by atoms with Gasteiger partial charge in [-0.1, -0.05) is 41.5 Å². The van der Waals surface area contributed by atoms with Gasteiger partial charge in [-0.2, -0.15) is 0 Å². The van der Waals surface area contributed by atoms with Crippen molar-refractivity contribution < 1.29 is 42.9 Å². The van der Waals surface area contributed by atoms with Crippen molar-refractivity contribution >= 4 is 30.1 Å². The zero-order valence-corrected chi connectivity index (χ0v) is 23.0. The summed E-state index contributed by atoms with van der Waals surface area (Å²) in [5.41, 5.74) is -3.17. The van der Waals surface area contributed by atoms with E-state index in [0.717, 1.165) is 0 Å². The largest absolute Gasteiger partial charge is 0.452 e. The second kappa shape index (κ2) is 11.7. The summed E-state index contributed by atoms with van der Waals surface area (Å²) in [7, 11) is 0. The van der Waals surface area contributed by atoms with Gasteiger partial charge in [-0.15, -0.1) is 0 Å². The second-order valence-corrected chi connectivity index (χ2v) is 12.3. The monoisotopic (exact) mass is 502 g/mol. The molecule has 2 amide bonds. The van der Waals surface area contributed by atoms with E-state index in [1.54, 1.807) is 83.1 Å². The smallest absolute Gasteiger partial charge is 0.408 e. The van der Waals surface area contributed by atoms with Gasteiger partial charge in [0, 0.05) is 0 Å². The summed E-state index contributed by atoms with van der Waals surface area (Å²) < 4.78 is 20.1. The molecule has 0 aliphatic carbocycles. The fraction of sp³-hybridized carbons (Fsp3) is 0.792. The molecule has 0 fully saturated rings. The van der Waals surface area contributed by atoms with E-state index in [4.69, 9.17) is 18.9 Å². The molecule has 35 heavy (non-hydrogen) atoms. The highest BCUT2D eigenvalue weighted by molar-refractivity contribution is 5.92. The summed E-state index contributed by atoms with van der Waals surface area (Å²) in [6, 6.07) is -2.36. The molecule has 2 atom stereocenters. The Morgan fingerprint density at radius 1 is 0.600 bits per heavy atom. The van der Waals surface area contributed by atoms with Crippen molar-refractivity contribution in [3.8, 4) is 0 Å². The summed E-state index contributed by atoms with van der Waals surface area (Å²) in [6.07, 6.45) is -1.68. The van der Waals surface area contributed by atoms with Gasteiger partial charge >= 0.3 is 30.1 Å². The van der Waals surface area contributed by atoms with Gasteiger partial charge in [0.05, 0.1) is 0 Å². The quantitative estimate of drug-likeness (QED) is 0.316. The molecular formula is C24H42N2O9. The van der Waals surface area contributed by atoms with Crippen molar-refractivity contribution in [2.24, 2.45) is 10.8 Å². The predicted octanol–water partition coefficient (Wildman–Crippen LogP) is 3.48. The Morgan fingerprint density at radius 2 is 0.943 bits per heavy atom. The number of carbonyl (C=O) groups is 5. The van der Waals surface area contributed by atoms with E-state index in [2.05, 4.69) is 10.6 Å². The number of hydrogen-bond acceptors (Lipinski definition) is 9. The Labute approximate surface area is 207 Å². The van der Waals surface area contributed by atoms with Crippen molar-refractivity contribution in [2.75, 3.05) is 6.61 Å². The summed E-state index contributed by atoms with van der Waals surface area (Å²) in [6.45, 7) is 19.2. The summed E-state index contributed by atoms with van der Waals surface area (Å²) in [5.74, 6) is -3.09. The first-order valence-corrected chi connectivity index (χ1v) is 11.3. The highest BCUT2D eigenvalue weighted by atomic mass is 16.6. The third kappa shape index (κ3) is 13.6. The lowest BCUT2D eigenvalue weighted by atomic mass is 9.87. The van der Waals surface area contributed by atoms with Gasteiger partial charge < -0.3 is 29.6 Å². The van der Waals surface area contributed by atoms with Crippen LogP contribution in [0.4, 0.5) is 9.59 Å². The molecule has 0 aromatic heterocycles. The maximum atomic E-state index is 12.6. The van der Waals surface area contributed by atoms with E-state index in [-0.39, 0.29) is 0 Å². The molecule has 2 unspecified atom stereocenters. The van der Waals surface area contributed by atoms with Crippen LogP contribution in [-0.4, -0.2) is 60.0 Å². The van der Waals surface area contributed by atoms with E-state index < -0.39 is 70.8 Å². The third-order valence-corrected chi connectivity index (χ3v) is 4.07. The van der Waals surface area contributed by atoms with Crippen LogP contribution in [0.1, 0.15) is 83.1 Å². The van der Waals surface area contributed by atoms with Crippen LogP contribution < -0.4 is 10.6 Å². The molecule has 0 spiro atoms. The Hall–Kier alpha value is -2.85. The molecule has 0 aromatic carbocycles. The molecular weight excluding hydrogens is 460 g/mol. The topological polar surface area (TPSA) is 146 Å². The molecule has 0 aliphatic heterocycles. The molecule has 0 saturated heterocycles. The summed E-state index contributed by atoms with van der Waals surface area (Å²) in [5, 5.41) is 4.84. The molecule has 11 heteroatoms. The van der Waals surface area contributed by atoms with Crippen molar-refractivity contribution in [2.45, 2.75) is 106 Å². The van der Waals surface area contributed by atoms with Crippen molar-refractivity contribution in [1.82, 2.24) is 10.6 Å². The van der Waals surface area contributed by atoms with Crippen LogP contribution in [0.2, 0.25) is 0 Å². The fourth-order valence-corrected chi connectivity index (χ4v) is 2.52. The van der Waals surface area contributed by atoms with Crippen LogP contribution in [0, 0.1) is 10.8 Å². The van der Waals surface area contributed by atoms with Crippen molar-refractivity contribution in [3.05, 3.63) is 0 Å². The Morgan fingerprint density at radius 3 is 1.26 bits per heavy atom. The molecule has 0 aromatic rings. The SMILES string of the molecule is CC(C)(C)OC(=O)NC(C(=O)OCC(=O)OC(=O)C(NC(=O)OC(C)(C)C)C(C)(C)C)C(C)(C)C. The normalized spacial score (nSPS) is 14.2. The number of carbonyl (C=O) groups excluding carboxylic acids is 5. The third-order valence-electron chi connectivity index (χ3n) is 4.07.